The second-order valence-electron chi connectivity index (χ2n) is 21.3. The highest BCUT2D eigenvalue weighted by Crippen LogP contribution is 2.36. The van der Waals surface area contributed by atoms with E-state index in [4.69, 9.17) is 56.1 Å². The summed E-state index contributed by atoms with van der Waals surface area (Å²) < 4.78 is 175. The van der Waals surface area contributed by atoms with Gasteiger partial charge in [-0.2, -0.15) is 52.7 Å². The van der Waals surface area contributed by atoms with Gasteiger partial charge in [-0.05, 0) is 164 Å². The first-order valence-corrected chi connectivity index (χ1v) is 33.8. The first-order chi connectivity index (χ1) is 47.7. The van der Waals surface area contributed by atoms with Crippen LogP contribution in [0.3, 0.4) is 0 Å². The first-order valence-electron chi connectivity index (χ1n) is 29.7. The van der Waals surface area contributed by atoms with E-state index in [0.29, 0.717) is 72.1 Å². The molecule has 103 heavy (non-hydrogen) atoms. The van der Waals surface area contributed by atoms with Gasteiger partial charge in [0.2, 0.25) is 5.95 Å². The van der Waals surface area contributed by atoms with Gasteiger partial charge >= 0.3 is 24.7 Å². The van der Waals surface area contributed by atoms with E-state index in [0.717, 1.165) is 59.5 Å². The number of nitrogens with zero attached hydrogens (tertiary/aromatic N) is 5. The number of thioether (sulfide) groups is 3. The van der Waals surface area contributed by atoms with Crippen LogP contribution in [0.2, 0.25) is 15.1 Å². The number of alkyl halides is 12. The van der Waals surface area contributed by atoms with Gasteiger partial charge in [-0.1, -0.05) is 115 Å². The summed E-state index contributed by atoms with van der Waals surface area (Å²) in [6.45, 7) is 11.1. The second kappa shape index (κ2) is 37.4. The van der Waals surface area contributed by atoms with Crippen LogP contribution in [-0.2, 0) is 37.8 Å². The van der Waals surface area contributed by atoms with Crippen molar-refractivity contribution >= 4 is 148 Å². The number of benzene rings is 7. The smallest absolute Gasteiger partial charge is 0.416 e. The van der Waals surface area contributed by atoms with E-state index in [1.165, 1.54) is 57.8 Å². The van der Waals surface area contributed by atoms with Crippen LogP contribution in [0.5, 0.6) is 5.75 Å². The molecule has 36 heteroatoms. The van der Waals surface area contributed by atoms with Gasteiger partial charge in [0.1, 0.15) is 11.6 Å². The number of H-pyrrole nitrogens is 1. The molecule has 10 rings (SSSR count). The highest BCUT2D eigenvalue weighted by Gasteiger charge is 2.35. The number of halogens is 17. The number of rotatable bonds is 14. The van der Waals surface area contributed by atoms with E-state index in [-0.39, 0.29) is 85.8 Å². The largest absolute Gasteiger partial charge is 0.489 e. The molecule has 0 saturated heterocycles. The Bertz CT molecular complexity index is 4840. The average molecular weight is 1630 g/mol. The van der Waals surface area contributed by atoms with Crippen molar-refractivity contribution in [2.75, 3.05) is 22.6 Å². The zero-order valence-corrected chi connectivity index (χ0v) is 60.9. The van der Waals surface area contributed by atoms with E-state index in [1.807, 2.05) is 33.0 Å². The maximum Gasteiger partial charge on any atom is 0.416 e. The fraction of sp³-hybridized carbons (Fsp3) is 0.239. The Hall–Kier alpha value is -8.34. The fourth-order valence-electron chi connectivity index (χ4n) is 8.72. The normalized spacial score (nSPS) is 11.4. The summed E-state index contributed by atoms with van der Waals surface area (Å²) in [5.74, 6) is 0.565. The lowest BCUT2D eigenvalue weighted by molar-refractivity contribution is -0.138. The number of aromatic nitrogens is 6. The number of carbonyl (C=O) groups excluding carboxylic acids is 1. The molecule has 3 aromatic heterocycles. The molecule has 0 atom stereocenters. The SMILES string of the molecule is Br.CC(=N)N.CC(C)Oc1ccc(Nc2nc3ccc(C(F)(F)F)cc3c(=O)n2Cc2ccc(Cl)cc2)cc1Cl.CCSC(=N)NC(=O)c1cc(C(F)(F)F)ccc1F.CCSc1nc2ccc(C(F)(F)F)cc2c(=O)[nH]1.CCSc1nc2ccc(C(F)(F)F)cc2c(=O)n1Cc1ccc(Cl)cc1. The molecule has 7 N–H and O–H groups in total. The van der Waals surface area contributed by atoms with Gasteiger partial charge in [0, 0.05) is 15.7 Å². The van der Waals surface area contributed by atoms with Crippen molar-refractivity contribution in [1.29, 1.82) is 10.8 Å². The lowest BCUT2D eigenvalue weighted by atomic mass is 10.1. The van der Waals surface area contributed by atoms with Crippen LogP contribution in [0.1, 0.15) is 85.3 Å². The van der Waals surface area contributed by atoms with Gasteiger partial charge in [0.25, 0.3) is 22.6 Å². The number of amidine groups is 2. The highest BCUT2D eigenvalue weighted by molar-refractivity contribution is 8.93. The molecule has 0 unspecified atom stereocenters. The Balaban J connectivity index is 0.000000250. The van der Waals surface area contributed by atoms with Crippen molar-refractivity contribution in [3.8, 4) is 5.75 Å². The van der Waals surface area contributed by atoms with Gasteiger partial charge in [-0.15, -0.1) is 17.0 Å². The van der Waals surface area contributed by atoms with E-state index in [2.05, 4.69) is 25.3 Å². The van der Waals surface area contributed by atoms with Gasteiger partial charge in [-0.3, -0.25) is 39.1 Å². The van der Waals surface area contributed by atoms with Crippen molar-refractivity contribution in [2.45, 2.75) is 95.8 Å². The van der Waals surface area contributed by atoms with Crippen molar-refractivity contribution in [3.63, 3.8) is 0 Å². The molecule has 0 radical (unpaired) electrons. The van der Waals surface area contributed by atoms with E-state index in [1.54, 1.807) is 73.7 Å². The first kappa shape index (κ1) is 85.3. The van der Waals surface area contributed by atoms with Crippen LogP contribution in [0.4, 0.5) is 68.7 Å². The van der Waals surface area contributed by atoms with Crippen molar-refractivity contribution in [2.24, 2.45) is 5.73 Å². The number of ether oxygens (including phenoxy) is 1. The minimum Gasteiger partial charge on any atom is -0.489 e. The lowest BCUT2D eigenvalue weighted by Gasteiger charge is -2.17. The number of aromatic amines is 1. The van der Waals surface area contributed by atoms with E-state index < -0.39 is 80.9 Å². The van der Waals surface area contributed by atoms with Crippen molar-refractivity contribution in [3.05, 3.63) is 230 Å². The maximum atomic E-state index is 13.4. The van der Waals surface area contributed by atoms with Crippen LogP contribution in [0.25, 0.3) is 32.7 Å². The van der Waals surface area contributed by atoms with Gasteiger partial charge in [0.05, 0.1) is 90.6 Å². The molecule has 0 saturated carbocycles. The Morgan fingerprint density at radius 2 is 1.03 bits per heavy atom. The molecular formula is C67H60BrCl3F13N11O5S3. The molecule has 0 aliphatic rings. The molecule has 10 aromatic rings. The summed E-state index contributed by atoms with van der Waals surface area (Å²) in [6, 6.07) is 29.2. The topological polar surface area (TPSA) is 240 Å². The minimum atomic E-state index is -4.66. The van der Waals surface area contributed by atoms with E-state index >= 15 is 0 Å². The molecule has 1 amide bonds. The third-order valence-electron chi connectivity index (χ3n) is 13.2. The Morgan fingerprint density at radius 3 is 1.49 bits per heavy atom. The quantitative estimate of drug-likeness (QED) is 0.0195. The molecular weight excluding hydrogens is 1570 g/mol. The molecule has 550 valence electrons. The molecule has 0 aliphatic heterocycles. The van der Waals surface area contributed by atoms with Gasteiger partial charge in [0.15, 0.2) is 15.5 Å². The van der Waals surface area contributed by atoms with Crippen molar-refractivity contribution in [1.82, 2.24) is 34.4 Å². The number of nitrogens with one attached hydrogen (secondary N) is 5. The average Bonchev–Trinajstić information content (AvgIpc) is 0.782. The zero-order valence-electron chi connectivity index (χ0n) is 54.4. The van der Waals surface area contributed by atoms with Gasteiger partial charge in [-0.25, -0.2) is 19.3 Å². The molecule has 16 nitrogen and oxygen atoms in total. The van der Waals surface area contributed by atoms with Crippen LogP contribution < -0.4 is 37.8 Å². The monoisotopic (exact) mass is 1630 g/mol. The highest BCUT2D eigenvalue weighted by atomic mass is 79.9. The summed E-state index contributed by atoms with van der Waals surface area (Å²) in [5, 5.41) is 20.5. The number of anilines is 2. The number of amides is 1. The third-order valence-corrected chi connectivity index (χ3v) is 16.3. The second-order valence-corrected chi connectivity index (χ2v) is 26.4. The predicted molar refractivity (Wildman–Crippen MR) is 386 cm³/mol. The Morgan fingerprint density at radius 1 is 0.592 bits per heavy atom. The number of hydrogen-bond acceptors (Lipinski definition) is 14. The molecule has 7 aromatic carbocycles. The lowest BCUT2D eigenvalue weighted by Crippen LogP contribution is -2.29. The summed E-state index contributed by atoms with van der Waals surface area (Å²) in [5.41, 5.74) is 1.23. The van der Waals surface area contributed by atoms with Crippen LogP contribution in [0, 0.1) is 16.6 Å². The maximum absolute atomic E-state index is 13.4. The molecule has 0 bridgehead atoms. The Kier molecular flexibility index (Phi) is 31.0. The zero-order chi connectivity index (χ0) is 75.8. The number of hydrogen-bond donors (Lipinski definition) is 6. The molecule has 0 spiro atoms. The molecule has 3 heterocycles. The van der Waals surface area contributed by atoms with Gasteiger partial charge < -0.3 is 26.1 Å². The number of carbonyl (C=O) groups is 1. The summed E-state index contributed by atoms with van der Waals surface area (Å²) in [4.78, 5) is 64.9. The Labute approximate surface area is 616 Å². The van der Waals surface area contributed by atoms with Crippen LogP contribution in [0.15, 0.2) is 164 Å². The van der Waals surface area contributed by atoms with E-state index in [9.17, 15) is 76.3 Å². The summed E-state index contributed by atoms with van der Waals surface area (Å²) >= 11 is 21.8. The van der Waals surface area contributed by atoms with Crippen LogP contribution >= 0.6 is 87.1 Å². The molecule has 0 aliphatic carbocycles. The van der Waals surface area contributed by atoms with Crippen LogP contribution in [-0.4, -0.2) is 69.3 Å². The molecule has 0 fully saturated rings. The number of nitrogens with two attached hydrogens (primary N) is 1. The standard InChI is InChI=1S/C25H20Cl2F3N3O2.C18H14ClF3N2OS.C11H10F4N2OS.C11H9F3N2OS.C2H6N2.BrH/c1-14(2)35-22-10-8-18(12-20(22)27)31-24-32-21-9-5-16(25(28,29)30)11-19(21)23(34)33(24)13-15-3-6-17(26)7-4-15;1-2-26-17-23-15-8-5-12(18(20,21)22)9-14(15)16(25)24(17)10-11-3-6-13(19)7-4-11;1-2-19-10(16)17-9(18)7-5-6(11(13,14)15)3-4-8(7)12;1-2-18-10-15-8-4-3-6(11(12,13)14)5-7(8)9(17)16-10;1-2(3)4;/h3-12,14H,13H2,1-2H3,(H,31,32);3-9H,2,10H2,1H3;3-5H,2H2,1H3,(H2,16,17,18);3-5H,2H2,1H3,(H,15,16,17);1H3,(H3,3,4);1H. The minimum absolute atomic E-state index is 0. The third kappa shape index (κ3) is 24.9. The number of fused-ring (bicyclic) bond motifs is 3. The van der Waals surface area contributed by atoms with Crippen molar-refractivity contribution < 1.29 is 66.6 Å². The predicted octanol–water partition coefficient (Wildman–Crippen LogP) is 19.4. The summed E-state index contributed by atoms with van der Waals surface area (Å²) in [6.07, 6.45) is -18.3. The summed E-state index contributed by atoms with van der Waals surface area (Å²) in [7, 11) is 0. The fourth-order valence-corrected chi connectivity index (χ4v) is 11.0.